The number of benzene rings is 2. The first-order valence-electron chi connectivity index (χ1n) is 8.53. The van der Waals surface area contributed by atoms with Gasteiger partial charge in [-0.15, -0.1) is 0 Å². The van der Waals surface area contributed by atoms with Crippen LogP contribution in [0.1, 0.15) is 5.56 Å². The predicted octanol–water partition coefficient (Wildman–Crippen LogP) is 1.99. The largest absolute Gasteiger partial charge is 0.332 e. The number of hydrogen-bond donors (Lipinski definition) is 0. The highest BCUT2D eigenvalue weighted by Gasteiger charge is 2.28. The zero-order valence-electron chi connectivity index (χ0n) is 14.5. The quantitative estimate of drug-likeness (QED) is 0.805. The molecule has 25 heavy (non-hydrogen) atoms. The minimum Gasteiger partial charge on any atom is -0.332 e. The zero-order valence-corrected chi connectivity index (χ0v) is 14.5. The molecular formula is C20H23N3O2. The maximum atomic E-state index is 12.5. The van der Waals surface area contributed by atoms with E-state index >= 15 is 0 Å². The zero-order chi connectivity index (χ0) is 17.6. The summed E-state index contributed by atoms with van der Waals surface area (Å²) in [7, 11) is 1.64. The van der Waals surface area contributed by atoms with Gasteiger partial charge in [-0.1, -0.05) is 48.5 Å². The van der Waals surface area contributed by atoms with Crippen LogP contribution in [0, 0.1) is 0 Å². The third kappa shape index (κ3) is 4.25. The van der Waals surface area contributed by atoms with Gasteiger partial charge in [0.25, 0.3) is 0 Å². The molecule has 3 rings (SSSR count). The summed E-state index contributed by atoms with van der Waals surface area (Å²) >= 11 is 0. The second-order valence-corrected chi connectivity index (χ2v) is 6.25. The molecule has 2 aromatic rings. The van der Waals surface area contributed by atoms with Crippen molar-refractivity contribution in [3.05, 3.63) is 66.2 Å². The molecule has 0 aromatic heterocycles. The van der Waals surface area contributed by atoms with Gasteiger partial charge in [0.05, 0.1) is 0 Å². The van der Waals surface area contributed by atoms with Crippen LogP contribution in [-0.2, 0) is 16.1 Å². The molecule has 1 aliphatic rings. The van der Waals surface area contributed by atoms with Gasteiger partial charge in [-0.3, -0.25) is 14.5 Å². The lowest BCUT2D eigenvalue weighted by atomic mass is 10.2. The van der Waals surface area contributed by atoms with Gasteiger partial charge >= 0.3 is 11.8 Å². The van der Waals surface area contributed by atoms with Crippen LogP contribution >= 0.6 is 0 Å². The monoisotopic (exact) mass is 337 g/mol. The van der Waals surface area contributed by atoms with Crippen molar-refractivity contribution in [1.82, 2.24) is 9.80 Å². The van der Waals surface area contributed by atoms with Crippen molar-refractivity contribution < 1.29 is 9.59 Å². The van der Waals surface area contributed by atoms with Crippen LogP contribution in [0.3, 0.4) is 0 Å². The number of amides is 2. The van der Waals surface area contributed by atoms with E-state index in [4.69, 9.17) is 0 Å². The van der Waals surface area contributed by atoms with Crippen LogP contribution in [0.4, 0.5) is 5.69 Å². The molecule has 5 nitrogen and oxygen atoms in total. The van der Waals surface area contributed by atoms with Crippen LogP contribution < -0.4 is 4.90 Å². The Morgan fingerprint density at radius 2 is 1.44 bits per heavy atom. The Bertz CT molecular complexity index is 710. The van der Waals surface area contributed by atoms with E-state index in [1.54, 1.807) is 11.9 Å². The topological polar surface area (TPSA) is 43.9 Å². The van der Waals surface area contributed by atoms with Crippen molar-refractivity contribution in [3.8, 4) is 0 Å². The van der Waals surface area contributed by atoms with E-state index in [0.29, 0.717) is 13.1 Å². The third-order valence-corrected chi connectivity index (χ3v) is 4.54. The molecule has 5 heteroatoms. The van der Waals surface area contributed by atoms with Gasteiger partial charge in [0.15, 0.2) is 0 Å². The average Bonchev–Trinajstić information content (AvgIpc) is 2.68. The summed E-state index contributed by atoms with van der Waals surface area (Å²) in [5.74, 6) is -0.909. The second kappa shape index (κ2) is 7.94. The molecule has 0 radical (unpaired) electrons. The predicted molar refractivity (Wildman–Crippen MR) is 98.2 cm³/mol. The molecule has 0 saturated carbocycles. The van der Waals surface area contributed by atoms with E-state index < -0.39 is 11.8 Å². The lowest BCUT2D eigenvalue weighted by Crippen LogP contribution is -2.52. The molecule has 130 valence electrons. The minimum absolute atomic E-state index is 0.425. The van der Waals surface area contributed by atoms with Crippen LogP contribution in [0.15, 0.2) is 60.7 Å². The van der Waals surface area contributed by atoms with Gasteiger partial charge in [-0.05, 0) is 17.7 Å². The number of carbonyl (C=O) groups excluding carboxylic acids is 2. The number of likely N-dealkylation sites (N-methyl/N-ethyl adjacent to an activating group) is 1. The summed E-state index contributed by atoms with van der Waals surface area (Å²) in [5, 5.41) is 0. The fourth-order valence-electron chi connectivity index (χ4n) is 3.00. The molecule has 2 amide bonds. The first-order valence-corrected chi connectivity index (χ1v) is 8.53. The van der Waals surface area contributed by atoms with Gasteiger partial charge in [-0.25, -0.2) is 0 Å². The smallest absolute Gasteiger partial charge is 0.316 e. The van der Waals surface area contributed by atoms with E-state index in [1.807, 2.05) is 48.5 Å². The molecule has 0 N–H and O–H groups in total. The number of hydrogen-bond acceptors (Lipinski definition) is 3. The van der Waals surface area contributed by atoms with Gasteiger partial charge in [0, 0.05) is 45.5 Å². The standard InChI is InChI=1S/C20H23N3O2/c1-21(18-10-6-3-7-11-18)19(24)20(25)23-14-12-22(13-15-23)16-17-8-4-2-5-9-17/h2-11H,12-16H2,1H3. The Morgan fingerprint density at radius 3 is 2.04 bits per heavy atom. The molecular weight excluding hydrogens is 314 g/mol. The van der Waals surface area contributed by atoms with Gasteiger partial charge in [0.2, 0.25) is 0 Å². The highest BCUT2D eigenvalue weighted by molar-refractivity contribution is 6.40. The molecule has 2 aromatic carbocycles. The number of para-hydroxylation sites is 1. The summed E-state index contributed by atoms with van der Waals surface area (Å²) in [5.41, 5.74) is 1.99. The number of anilines is 1. The molecule has 0 unspecified atom stereocenters. The van der Waals surface area contributed by atoms with Gasteiger partial charge in [0.1, 0.15) is 0 Å². The van der Waals surface area contributed by atoms with Crippen LogP contribution in [0.5, 0.6) is 0 Å². The maximum Gasteiger partial charge on any atom is 0.316 e. The summed E-state index contributed by atoms with van der Waals surface area (Å²) in [6.07, 6.45) is 0. The number of piperazine rings is 1. The van der Waals surface area contributed by atoms with Gasteiger partial charge in [-0.2, -0.15) is 0 Å². The Morgan fingerprint density at radius 1 is 0.880 bits per heavy atom. The fourth-order valence-corrected chi connectivity index (χ4v) is 3.00. The summed E-state index contributed by atoms with van der Waals surface area (Å²) in [6.45, 7) is 3.60. The van der Waals surface area contributed by atoms with E-state index in [2.05, 4.69) is 17.0 Å². The normalized spacial score (nSPS) is 15.0. The summed E-state index contributed by atoms with van der Waals surface area (Å²) in [4.78, 5) is 30.3. The lowest BCUT2D eigenvalue weighted by Gasteiger charge is -2.35. The molecule has 1 saturated heterocycles. The highest BCUT2D eigenvalue weighted by Crippen LogP contribution is 2.13. The van der Waals surface area contributed by atoms with Crippen molar-refractivity contribution in [3.63, 3.8) is 0 Å². The third-order valence-electron chi connectivity index (χ3n) is 4.54. The molecule has 1 fully saturated rings. The van der Waals surface area contributed by atoms with Gasteiger partial charge < -0.3 is 9.80 Å². The number of carbonyl (C=O) groups is 2. The Balaban J connectivity index is 1.53. The molecule has 1 aliphatic heterocycles. The number of rotatable bonds is 3. The Labute approximate surface area is 148 Å². The van der Waals surface area contributed by atoms with E-state index in [0.717, 1.165) is 25.3 Å². The van der Waals surface area contributed by atoms with Crippen molar-refractivity contribution >= 4 is 17.5 Å². The first-order chi connectivity index (χ1) is 12.1. The van der Waals surface area contributed by atoms with Crippen LogP contribution in [0.2, 0.25) is 0 Å². The molecule has 0 atom stereocenters. The van der Waals surface area contributed by atoms with E-state index in [1.165, 1.54) is 10.5 Å². The first kappa shape index (κ1) is 17.2. The Kier molecular flexibility index (Phi) is 5.46. The second-order valence-electron chi connectivity index (χ2n) is 6.25. The van der Waals surface area contributed by atoms with E-state index in [-0.39, 0.29) is 0 Å². The highest BCUT2D eigenvalue weighted by atomic mass is 16.2. The molecule has 0 bridgehead atoms. The van der Waals surface area contributed by atoms with E-state index in [9.17, 15) is 9.59 Å². The van der Waals surface area contributed by atoms with Crippen LogP contribution in [-0.4, -0.2) is 54.8 Å². The lowest BCUT2D eigenvalue weighted by molar-refractivity contribution is -0.145. The van der Waals surface area contributed by atoms with Crippen molar-refractivity contribution in [1.29, 1.82) is 0 Å². The Hall–Kier alpha value is -2.66. The molecule has 0 spiro atoms. The average molecular weight is 337 g/mol. The fraction of sp³-hybridized carbons (Fsp3) is 0.300. The summed E-state index contributed by atoms with van der Waals surface area (Å²) in [6, 6.07) is 19.5. The van der Waals surface area contributed by atoms with Crippen molar-refractivity contribution in [2.45, 2.75) is 6.54 Å². The molecule has 1 heterocycles. The molecule has 0 aliphatic carbocycles. The van der Waals surface area contributed by atoms with Crippen LogP contribution in [0.25, 0.3) is 0 Å². The SMILES string of the molecule is CN(C(=O)C(=O)N1CCN(Cc2ccccc2)CC1)c1ccccc1. The number of nitrogens with zero attached hydrogens (tertiary/aromatic N) is 3. The summed E-state index contributed by atoms with van der Waals surface area (Å²) < 4.78 is 0. The van der Waals surface area contributed by atoms with Crippen molar-refractivity contribution in [2.24, 2.45) is 0 Å². The maximum absolute atomic E-state index is 12.5. The minimum atomic E-state index is -0.484. The van der Waals surface area contributed by atoms with Crippen molar-refractivity contribution in [2.75, 3.05) is 38.1 Å².